The third-order valence-electron chi connectivity index (χ3n) is 2.82. The van der Waals surface area contributed by atoms with Gasteiger partial charge in [0.25, 0.3) is 5.91 Å². The van der Waals surface area contributed by atoms with E-state index in [9.17, 15) is 13.2 Å². The molecule has 0 saturated carbocycles. The molecule has 7 heteroatoms. The third kappa shape index (κ3) is 5.14. The largest absolute Gasteiger partial charge is 0.268 e. The Bertz CT molecular complexity index is 780. The van der Waals surface area contributed by atoms with Crippen LogP contribution < -0.4 is 4.72 Å². The summed E-state index contributed by atoms with van der Waals surface area (Å²) >= 11 is 0. The maximum absolute atomic E-state index is 12.0. The molecule has 0 aliphatic carbocycles. The van der Waals surface area contributed by atoms with E-state index in [1.54, 1.807) is 20.8 Å². The van der Waals surface area contributed by atoms with Gasteiger partial charge in [-0.15, -0.1) is 0 Å². The lowest BCUT2D eigenvalue weighted by Crippen LogP contribution is -2.36. The van der Waals surface area contributed by atoms with Crippen LogP contribution in [0.15, 0.2) is 42.7 Å². The Kier molecular flexibility index (Phi) is 4.79. The molecule has 1 aromatic carbocycles. The first-order chi connectivity index (χ1) is 10.7. The summed E-state index contributed by atoms with van der Waals surface area (Å²) in [5, 5.41) is 0. The van der Waals surface area contributed by atoms with E-state index in [1.807, 2.05) is 35.1 Å². The van der Waals surface area contributed by atoms with Gasteiger partial charge in [0.05, 0.1) is 11.3 Å². The fourth-order valence-corrected chi connectivity index (χ4v) is 3.60. The van der Waals surface area contributed by atoms with Crippen molar-refractivity contribution in [1.82, 2.24) is 14.7 Å². The summed E-state index contributed by atoms with van der Waals surface area (Å²) in [6.45, 7) is 5.36. The molecule has 0 saturated heterocycles. The number of nitrogens with one attached hydrogen (secondary N) is 1. The van der Waals surface area contributed by atoms with Crippen molar-refractivity contribution in [2.24, 2.45) is 5.41 Å². The number of carbonyl (C=O) groups is 1. The first kappa shape index (κ1) is 17.1. The lowest BCUT2D eigenvalue weighted by atomic mass is 10.0. The zero-order chi connectivity index (χ0) is 17.1. The van der Waals surface area contributed by atoms with Gasteiger partial charge in [0, 0.05) is 18.0 Å². The lowest BCUT2D eigenvalue weighted by Gasteiger charge is -2.18. The zero-order valence-electron chi connectivity index (χ0n) is 13.3. The number of rotatable bonds is 4. The Morgan fingerprint density at radius 1 is 1.09 bits per heavy atom. The van der Waals surface area contributed by atoms with E-state index in [0.29, 0.717) is 5.82 Å². The van der Waals surface area contributed by atoms with Crippen molar-refractivity contribution in [2.45, 2.75) is 20.8 Å². The van der Waals surface area contributed by atoms with E-state index in [2.05, 4.69) is 9.97 Å². The van der Waals surface area contributed by atoms with Gasteiger partial charge in [-0.3, -0.25) is 4.79 Å². The van der Waals surface area contributed by atoms with Crippen molar-refractivity contribution in [3.05, 3.63) is 48.3 Å². The number of sulfonamides is 1. The molecule has 0 atom stereocenters. The zero-order valence-corrected chi connectivity index (χ0v) is 14.1. The Labute approximate surface area is 136 Å². The van der Waals surface area contributed by atoms with Crippen LogP contribution in [0.3, 0.4) is 0 Å². The number of amides is 1. The van der Waals surface area contributed by atoms with Gasteiger partial charge in [0.1, 0.15) is 0 Å². The highest BCUT2D eigenvalue weighted by Gasteiger charge is 2.24. The Morgan fingerprint density at radius 2 is 1.65 bits per heavy atom. The monoisotopic (exact) mass is 333 g/mol. The maximum atomic E-state index is 12.0. The lowest BCUT2D eigenvalue weighted by molar-refractivity contribution is 0.0980. The number of aromatic nitrogens is 2. The molecule has 0 fully saturated rings. The van der Waals surface area contributed by atoms with Crippen LogP contribution >= 0.6 is 0 Å². The minimum Gasteiger partial charge on any atom is -0.268 e. The summed E-state index contributed by atoms with van der Waals surface area (Å²) < 4.78 is 25.9. The summed E-state index contributed by atoms with van der Waals surface area (Å²) in [5.41, 5.74) is 0.474. The smallest absolute Gasteiger partial charge is 0.267 e. The molecule has 0 radical (unpaired) electrons. The van der Waals surface area contributed by atoms with Gasteiger partial charge in [-0.05, 0) is 5.41 Å². The molecule has 2 aromatic rings. The van der Waals surface area contributed by atoms with E-state index in [4.69, 9.17) is 0 Å². The molecule has 2 rings (SSSR count). The highest BCUT2D eigenvalue weighted by Crippen LogP contribution is 2.16. The molecule has 23 heavy (non-hydrogen) atoms. The van der Waals surface area contributed by atoms with E-state index in [-0.39, 0.29) is 11.3 Å². The summed E-state index contributed by atoms with van der Waals surface area (Å²) in [7, 11) is -3.70. The van der Waals surface area contributed by atoms with Gasteiger partial charge in [0.2, 0.25) is 10.0 Å². The standard InChI is InChI=1S/C16H19N3O3S/c1-16(2,3)11-23(21,22)19-15(20)13-9-17-14(18-10-13)12-7-5-4-6-8-12/h4-10H,11H2,1-3H3,(H,19,20). The third-order valence-corrected chi connectivity index (χ3v) is 4.56. The number of carbonyl (C=O) groups excluding carboxylic acids is 1. The highest BCUT2D eigenvalue weighted by molar-refractivity contribution is 7.90. The van der Waals surface area contributed by atoms with Crippen molar-refractivity contribution in [3.8, 4) is 11.4 Å². The van der Waals surface area contributed by atoms with Crippen LogP contribution in [-0.2, 0) is 10.0 Å². The van der Waals surface area contributed by atoms with E-state index < -0.39 is 21.3 Å². The molecule has 1 N–H and O–H groups in total. The molecule has 1 heterocycles. The van der Waals surface area contributed by atoms with Gasteiger partial charge >= 0.3 is 0 Å². The fourth-order valence-electron chi connectivity index (χ4n) is 1.99. The molecule has 122 valence electrons. The molecular formula is C16H19N3O3S. The van der Waals surface area contributed by atoms with E-state index >= 15 is 0 Å². The average Bonchev–Trinajstić information content (AvgIpc) is 2.45. The first-order valence-electron chi connectivity index (χ1n) is 7.09. The molecular weight excluding hydrogens is 314 g/mol. The normalized spacial score (nSPS) is 12.0. The average molecular weight is 333 g/mol. The first-order valence-corrected chi connectivity index (χ1v) is 8.74. The topological polar surface area (TPSA) is 89.0 Å². The van der Waals surface area contributed by atoms with Crippen LogP contribution in [-0.4, -0.2) is 30.0 Å². The summed E-state index contributed by atoms with van der Waals surface area (Å²) in [5.74, 6) is -0.400. The molecule has 0 unspecified atom stereocenters. The number of nitrogens with zero attached hydrogens (tertiary/aromatic N) is 2. The van der Waals surface area contributed by atoms with Crippen LogP contribution in [0.2, 0.25) is 0 Å². The van der Waals surface area contributed by atoms with Gasteiger partial charge in [-0.2, -0.15) is 0 Å². The molecule has 0 aliphatic heterocycles. The molecule has 1 aromatic heterocycles. The van der Waals surface area contributed by atoms with Crippen molar-refractivity contribution >= 4 is 15.9 Å². The SMILES string of the molecule is CC(C)(C)CS(=O)(=O)NC(=O)c1cnc(-c2ccccc2)nc1. The Hall–Kier alpha value is -2.28. The van der Waals surface area contributed by atoms with Crippen LogP contribution in [0.5, 0.6) is 0 Å². The summed E-state index contributed by atoms with van der Waals surface area (Å²) in [6, 6.07) is 9.30. The van der Waals surface area contributed by atoms with Gasteiger partial charge < -0.3 is 0 Å². The highest BCUT2D eigenvalue weighted by atomic mass is 32.2. The molecule has 0 aliphatic rings. The maximum Gasteiger partial charge on any atom is 0.267 e. The molecule has 6 nitrogen and oxygen atoms in total. The predicted octanol–water partition coefficient (Wildman–Crippen LogP) is 2.25. The second kappa shape index (κ2) is 6.45. The van der Waals surface area contributed by atoms with Crippen LogP contribution in [0.4, 0.5) is 0 Å². The molecule has 0 spiro atoms. The van der Waals surface area contributed by atoms with Crippen molar-refractivity contribution in [3.63, 3.8) is 0 Å². The summed E-state index contributed by atoms with van der Waals surface area (Å²) in [4.78, 5) is 20.2. The minimum atomic E-state index is -3.70. The van der Waals surface area contributed by atoms with Gasteiger partial charge in [0.15, 0.2) is 5.82 Å². The molecule has 0 bridgehead atoms. The summed E-state index contributed by atoms with van der Waals surface area (Å²) in [6.07, 6.45) is 2.63. The number of hydrogen-bond donors (Lipinski definition) is 1. The number of benzene rings is 1. The molecule has 1 amide bonds. The van der Waals surface area contributed by atoms with Crippen molar-refractivity contribution < 1.29 is 13.2 Å². The number of hydrogen-bond acceptors (Lipinski definition) is 5. The predicted molar refractivity (Wildman–Crippen MR) is 88.2 cm³/mol. The van der Waals surface area contributed by atoms with Crippen LogP contribution in [0.1, 0.15) is 31.1 Å². The van der Waals surface area contributed by atoms with E-state index in [0.717, 1.165) is 5.56 Å². The van der Waals surface area contributed by atoms with Crippen LogP contribution in [0.25, 0.3) is 11.4 Å². The Morgan fingerprint density at radius 3 is 2.17 bits per heavy atom. The Balaban J connectivity index is 2.12. The quantitative estimate of drug-likeness (QED) is 0.927. The minimum absolute atomic E-state index is 0.0992. The second-order valence-electron chi connectivity index (χ2n) is 6.41. The van der Waals surface area contributed by atoms with E-state index in [1.165, 1.54) is 12.4 Å². The van der Waals surface area contributed by atoms with Gasteiger partial charge in [-0.25, -0.2) is 23.1 Å². The fraction of sp³-hybridized carbons (Fsp3) is 0.312. The second-order valence-corrected chi connectivity index (χ2v) is 8.13. The van der Waals surface area contributed by atoms with Crippen molar-refractivity contribution in [1.29, 1.82) is 0 Å². The van der Waals surface area contributed by atoms with Crippen LogP contribution in [0, 0.1) is 5.41 Å². The van der Waals surface area contributed by atoms with Crippen molar-refractivity contribution in [2.75, 3.05) is 5.75 Å². The van der Waals surface area contributed by atoms with Gasteiger partial charge in [-0.1, -0.05) is 51.1 Å².